The fourth-order valence-corrected chi connectivity index (χ4v) is 3.28. The molecule has 0 aliphatic carbocycles. The summed E-state index contributed by atoms with van der Waals surface area (Å²) in [5, 5.41) is 0. The third kappa shape index (κ3) is 7.97. The minimum atomic E-state index is 0.432. The first-order valence-electron chi connectivity index (χ1n) is 8.47. The first-order valence-corrected chi connectivity index (χ1v) is 8.47. The van der Waals surface area contributed by atoms with E-state index in [2.05, 4.69) is 55.4 Å². The van der Waals surface area contributed by atoms with Crippen molar-refractivity contribution in [2.45, 2.75) is 93.3 Å². The topological polar surface area (TPSA) is 9.23 Å². The quantitative estimate of drug-likeness (QED) is 0.478. The summed E-state index contributed by atoms with van der Waals surface area (Å²) in [7, 11) is 0. The Morgan fingerprint density at radius 2 is 0.947 bits per heavy atom. The molecule has 0 aromatic carbocycles. The van der Waals surface area contributed by atoms with E-state index >= 15 is 0 Å². The molecular formula is C18H38O. The highest BCUT2D eigenvalue weighted by atomic mass is 16.5. The monoisotopic (exact) mass is 270 g/mol. The normalized spacial score (nSPS) is 18.6. The molecule has 0 fully saturated rings. The zero-order chi connectivity index (χ0) is 15.0. The van der Waals surface area contributed by atoms with Gasteiger partial charge in [0, 0.05) is 0 Å². The fraction of sp³-hybridized carbons (Fsp3) is 1.00. The summed E-state index contributed by atoms with van der Waals surface area (Å²) in [4.78, 5) is 0. The minimum Gasteiger partial charge on any atom is -0.374 e. The van der Waals surface area contributed by atoms with E-state index in [0.717, 1.165) is 24.7 Å². The fourth-order valence-electron chi connectivity index (χ4n) is 3.28. The van der Waals surface area contributed by atoms with Crippen molar-refractivity contribution >= 4 is 0 Å². The maximum absolute atomic E-state index is 6.47. The Bertz CT molecular complexity index is 188. The van der Waals surface area contributed by atoms with Crippen molar-refractivity contribution in [3.63, 3.8) is 0 Å². The SMILES string of the molecule is CCC(OC(CC)C(C)CC(C)C)C(C)CC(C)C. The molecule has 0 saturated heterocycles. The van der Waals surface area contributed by atoms with Crippen molar-refractivity contribution in [1.82, 2.24) is 0 Å². The van der Waals surface area contributed by atoms with Gasteiger partial charge in [-0.2, -0.15) is 0 Å². The lowest BCUT2D eigenvalue weighted by Crippen LogP contribution is -2.32. The lowest BCUT2D eigenvalue weighted by Gasteiger charge is -2.32. The molecule has 4 unspecified atom stereocenters. The highest BCUT2D eigenvalue weighted by molar-refractivity contribution is 4.73. The summed E-state index contributed by atoms with van der Waals surface area (Å²) in [5.74, 6) is 2.87. The van der Waals surface area contributed by atoms with Crippen LogP contribution >= 0.6 is 0 Å². The van der Waals surface area contributed by atoms with Crippen molar-refractivity contribution < 1.29 is 4.74 Å². The van der Waals surface area contributed by atoms with Gasteiger partial charge in [-0.05, 0) is 49.4 Å². The van der Waals surface area contributed by atoms with Crippen molar-refractivity contribution in [2.75, 3.05) is 0 Å². The van der Waals surface area contributed by atoms with E-state index in [0.29, 0.717) is 24.0 Å². The maximum atomic E-state index is 6.47. The molecule has 0 aliphatic rings. The van der Waals surface area contributed by atoms with Gasteiger partial charge < -0.3 is 4.74 Å². The molecule has 4 atom stereocenters. The van der Waals surface area contributed by atoms with Crippen LogP contribution in [0.2, 0.25) is 0 Å². The largest absolute Gasteiger partial charge is 0.374 e. The zero-order valence-corrected chi connectivity index (χ0v) is 14.7. The van der Waals surface area contributed by atoms with E-state index in [-0.39, 0.29) is 0 Å². The van der Waals surface area contributed by atoms with E-state index in [4.69, 9.17) is 4.74 Å². The third-order valence-corrected chi connectivity index (χ3v) is 4.11. The molecule has 0 aromatic rings. The van der Waals surface area contributed by atoms with E-state index in [1.807, 2.05) is 0 Å². The average molecular weight is 271 g/mol. The first-order chi connectivity index (χ1) is 8.81. The molecule has 0 N–H and O–H groups in total. The van der Waals surface area contributed by atoms with Crippen LogP contribution in [-0.2, 0) is 4.74 Å². The van der Waals surface area contributed by atoms with Gasteiger partial charge in [-0.15, -0.1) is 0 Å². The van der Waals surface area contributed by atoms with Crippen LogP contribution in [0.5, 0.6) is 0 Å². The van der Waals surface area contributed by atoms with Crippen LogP contribution in [0.4, 0.5) is 0 Å². The summed E-state index contributed by atoms with van der Waals surface area (Å²) in [6.45, 7) is 18.5. The van der Waals surface area contributed by atoms with Gasteiger partial charge >= 0.3 is 0 Å². The van der Waals surface area contributed by atoms with Crippen LogP contribution < -0.4 is 0 Å². The van der Waals surface area contributed by atoms with Gasteiger partial charge in [-0.25, -0.2) is 0 Å². The van der Waals surface area contributed by atoms with Gasteiger partial charge in [0.15, 0.2) is 0 Å². The number of rotatable bonds is 10. The zero-order valence-electron chi connectivity index (χ0n) is 14.7. The predicted molar refractivity (Wildman–Crippen MR) is 86.5 cm³/mol. The molecule has 1 heteroatoms. The molecule has 0 saturated carbocycles. The lowest BCUT2D eigenvalue weighted by molar-refractivity contribution is -0.0715. The van der Waals surface area contributed by atoms with Gasteiger partial charge in [0.05, 0.1) is 12.2 Å². The highest BCUT2D eigenvalue weighted by Gasteiger charge is 2.24. The summed E-state index contributed by atoms with van der Waals surface area (Å²) in [6.07, 6.45) is 5.68. The second-order valence-corrected chi connectivity index (χ2v) is 7.24. The van der Waals surface area contributed by atoms with Crippen molar-refractivity contribution in [3.8, 4) is 0 Å². The molecule has 0 heterocycles. The summed E-state index contributed by atoms with van der Waals surface area (Å²) >= 11 is 0. The molecule has 0 bridgehead atoms. The standard InChI is InChI=1S/C18H38O/c1-9-17(15(7)11-13(3)4)19-18(10-2)16(8)12-14(5)6/h13-18H,9-12H2,1-8H3. The highest BCUT2D eigenvalue weighted by Crippen LogP contribution is 2.26. The molecule has 0 amide bonds. The maximum Gasteiger partial charge on any atom is 0.0602 e. The second-order valence-electron chi connectivity index (χ2n) is 7.24. The van der Waals surface area contributed by atoms with E-state index in [1.54, 1.807) is 0 Å². The smallest absolute Gasteiger partial charge is 0.0602 e. The molecule has 0 spiro atoms. The Hall–Kier alpha value is -0.0400. The van der Waals surface area contributed by atoms with Gasteiger partial charge in [-0.1, -0.05) is 55.4 Å². The molecule has 1 nitrogen and oxygen atoms in total. The van der Waals surface area contributed by atoms with Crippen molar-refractivity contribution in [2.24, 2.45) is 23.7 Å². The third-order valence-electron chi connectivity index (χ3n) is 4.11. The summed E-state index contributed by atoms with van der Waals surface area (Å²) in [6, 6.07) is 0. The van der Waals surface area contributed by atoms with Gasteiger partial charge in [0.2, 0.25) is 0 Å². The Balaban J connectivity index is 4.46. The van der Waals surface area contributed by atoms with E-state index in [1.165, 1.54) is 12.8 Å². The van der Waals surface area contributed by atoms with Crippen LogP contribution in [0.15, 0.2) is 0 Å². The Morgan fingerprint density at radius 3 is 1.16 bits per heavy atom. The van der Waals surface area contributed by atoms with Gasteiger partial charge in [-0.3, -0.25) is 0 Å². The predicted octanol–water partition coefficient (Wildman–Crippen LogP) is 5.92. The van der Waals surface area contributed by atoms with E-state index < -0.39 is 0 Å². The first kappa shape index (κ1) is 19.0. The van der Waals surface area contributed by atoms with Crippen LogP contribution in [-0.4, -0.2) is 12.2 Å². The minimum absolute atomic E-state index is 0.432. The number of hydrogen-bond acceptors (Lipinski definition) is 1. The number of ether oxygens (including phenoxy) is 1. The second kappa shape index (κ2) is 9.80. The summed E-state index contributed by atoms with van der Waals surface area (Å²) < 4.78 is 6.47. The van der Waals surface area contributed by atoms with Gasteiger partial charge in [0.1, 0.15) is 0 Å². The van der Waals surface area contributed by atoms with Gasteiger partial charge in [0.25, 0.3) is 0 Å². The average Bonchev–Trinajstić information content (AvgIpc) is 2.28. The van der Waals surface area contributed by atoms with Crippen LogP contribution in [0.1, 0.15) is 81.1 Å². The molecule has 0 aliphatic heterocycles. The van der Waals surface area contributed by atoms with Crippen LogP contribution in [0, 0.1) is 23.7 Å². The Labute approximate surface area is 122 Å². The lowest BCUT2D eigenvalue weighted by atomic mass is 9.90. The van der Waals surface area contributed by atoms with Crippen molar-refractivity contribution in [1.29, 1.82) is 0 Å². The molecule has 19 heavy (non-hydrogen) atoms. The van der Waals surface area contributed by atoms with E-state index in [9.17, 15) is 0 Å². The van der Waals surface area contributed by atoms with Crippen LogP contribution in [0.25, 0.3) is 0 Å². The van der Waals surface area contributed by atoms with Crippen molar-refractivity contribution in [3.05, 3.63) is 0 Å². The number of hydrogen-bond donors (Lipinski definition) is 0. The molecule has 0 radical (unpaired) electrons. The molecule has 0 aromatic heterocycles. The Kier molecular flexibility index (Phi) is 9.78. The summed E-state index contributed by atoms with van der Waals surface area (Å²) in [5.41, 5.74) is 0. The molecule has 116 valence electrons. The Morgan fingerprint density at radius 1 is 0.632 bits per heavy atom. The van der Waals surface area contributed by atoms with Crippen LogP contribution in [0.3, 0.4) is 0 Å². The molecular weight excluding hydrogens is 232 g/mol. The molecule has 0 rings (SSSR count).